The first kappa shape index (κ1) is 23.3. The maximum atomic E-state index is 13.3. The summed E-state index contributed by atoms with van der Waals surface area (Å²) in [6, 6.07) is 9.86. The number of ether oxygens (including phenoxy) is 2. The van der Waals surface area contributed by atoms with Crippen molar-refractivity contribution in [2.45, 2.75) is 57.3 Å². The first-order valence-electron chi connectivity index (χ1n) is 12.8. The molecule has 0 aliphatic heterocycles. The quantitative estimate of drug-likeness (QED) is 0.409. The summed E-state index contributed by atoms with van der Waals surface area (Å²) < 4.78 is 16.2. The van der Waals surface area contributed by atoms with Gasteiger partial charge < -0.3 is 19.2 Å². The molecule has 1 fully saturated rings. The fourth-order valence-corrected chi connectivity index (χ4v) is 8.55. The Balaban J connectivity index is 1.36. The number of thiophene rings is 1. The van der Waals surface area contributed by atoms with Crippen molar-refractivity contribution in [3.05, 3.63) is 69.5 Å². The topological polar surface area (TPSA) is 77.8 Å². The Bertz CT molecular complexity index is 1330. The second kappa shape index (κ2) is 8.80. The van der Waals surface area contributed by atoms with Crippen LogP contribution >= 0.6 is 11.3 Å². The third-order valence-electron chi connectivity index (χ3n) is 8.73. The molecule has 36 heavy (non-hydrogen) atoms. The first-order valence-corrected chi connectivity index (χ1v) is 13.6. The zero-order valence-corrected chi connectivity index (χ0v) is 21.7. The van der Waals surface area contributed by atoms with Crippen molar-refractivity contribution >= 4 is 28.2 Å². The number of rotatable bonds is 5. The molecular formula is C29H31NO5S. The number of benzene rings is 1. The van der Waals surface area contributed by atoms with E-state index in [1.165, 1.54) is 33.6 Å². The summed E-state index contributed by atoms with van der Waals surface area (Å²) in [5.41, 5.74) is 4.42. The lowest BCUT2D eigenvalue weighted by Gasteiger charge is -2.49. The molecule has 7 heteroatoms. The van der Waals surface area contributed by atoms with Crippen LogP contribution in [-0.2, 0) is 23.0 Å². The molecule has 1 aromatic carbocycles. The number of carbonyl (C=O) groups excluding carboxylic acids is 2. The van der Waals surface area contributed by atoms with Gasteiger partial charge in [0.1, 0.15) is 10.8 Å². The van der Waals surface area contributed by atoms with Crippen molar-refractivity contribution in [1.82, 2.24) is 0 Å². The summed E-state index contributed by atoms with van der Waals surface area (Å²) in [7, 11) is 1.72. The number of hydrogen-bond acceptors (Lipinski definition) is 6. The van der Waals surface area contributed by atoms with Crippen molar-refractivity contribution in [2.24, 2.45) is 11.8 Å². The first-order chi connectivity index (χ1) is 17.4. The van der Waals surface area contributed by atoms with Crippen molar-refractivity contribution in [3.8, 4) is 5.75 Å². The Morgan fingerprint density at radius 2 is 2.11 bits per heavy atom. The van der Waals surface area contributed by atoms with Crippen LogP contribution < -0.4 is 10.1 Å². The smallest absolute Gasteiger partial charge is 0.341 e. The summed E-state index contributed by atoms with van der Waals surface area (Å²) in [6.45, 7) is 4.44. The molecule has 0 saturated heterocycles. The predicted octanol–water partition coefficient (Wildman–Crippen LogP) is 6.35. The molecule has 6 nitrogen and oxygen atoms in total. The number of nitrogens with one attached hydrogen (secondary N) is 1. The lowest BCUT2D eigenvalue weighted by Crippen LogP contribution is -2.43. The highest BCUT2D eigenvalue weighted by Gasteiger charge is 2.55. The minimum Gasteiger partial charge on any atom is -0.497 e. The molecule has 0 spiro atoms. The van der Waals surface area contributed by atoms with Gasteiger partial charge in [0.05, 0.1) is 25.5 Å². The van der Waals surface area contributed by atoms with Gasteiger partial charge in [0.2, 0.25) is 0 Å². The lowest BCUT2D eigenvalue weighted by molar-refractivity contribution is 0.0519. The highest BCUT2D eigenvalue weighted by molar-refractivity contribution is 7.17. The van der Waals surface area contributed by atoms with Crippen LogP contribution in [-0.4, -0.2) is 25.6 Å². The van der Waals surface area contributed by atoms with Crippen molar-refractivity contribution in [1.29, 1.82) is 0 Å². The second-order valence-corrected chi connectivity index (χ2v) is 11.5. The summed E-state index contributed by atoms with van der Waals surface area (Å²) >= 11 is 1.53. The molecule has 1 amide bonds. The van der Waals surface area contributed by atoms with E-state index in [0.29, 0.717) is 34.9 Å². The van der Waals surface area contributed by atoms with Crippen LogP contribution in [0.25, 0.3) is 0 Å². The molecule has 0 unspecified atom stereocenters. The monoisotopic (exact) mass is 505 g/mol. The molecule has 2 aromatic heterocycles. The third-order valence-corrected chi connectivity index (χ3v) is 9.86. The number of aryl methyl sites for hydroxylation is 1. The highest BCUT2D eigenvalue weighted by atomic mass is 32.1. The van der Waals surface area contributed by atoms with E-state index < -0.39 is 0 Å². The molecule has 3 aliphatic rings. The van der Waals surface area contributed by atoms with Crippen LogP contribution in [0.15, 0.2) is 41.0 Å². The zero-order chi connectivity index (χ0) is 25.0. The molecule has 188 valence electrons. The average Bonchev–Trinajstić information content (AvgIpc) is 3.59. The molecule has 6 rings (SSSR count). The van der Waals surface area contributed by atoms with Gasteiger partial charge in [-0.15, -0.1) is 11.3 Å². The Labute approximate surface area is 215 Å². The maximum Gasteiger partial charge on any atom is 0.341 e. The predicted molar refractivity (Wildman–Crippen MR) is 138 cm³/mol. The van der Waals surface area contributed by atoms with Gasteiger partial charge in [-0.25, -0.2) is 4.79 Å². The van der Waals surface area contributed by atoms with E-state index in [1.807, 2.05) is 6.92 Å². The minimum absolute atomic E-state index is 0.118. The molecule has 1 N–H and O–H groups in total. The number of carbonyl (C=O) groups is 2. The van der Waals surface area contributed by atoms with Crippen molar-refractivity contribution in [2.75, 3.05) is 19.0 Å². The van der Waals surface area contributed by atoms with Crippen molar-refractivity contribution < 1.29 is 23.5 Å². The number of amides is 1. The summed E-state index contributed by atoms with van der Waals surface area (Å²) in [4.78, 5) is 27.3. The standard InChI is InChI=1S/C29H31NO5S/c1-4-34-28(32)24-25-23(36-27(24)30-26(31)22-6-5-13-35-22)15-21-20-9-7-16-14-17(33-3)8-10-18(16)19(20)11-12-29(21,25)2/h5-6,8,10,13-14,19-21H,4,7,9,11-12,15H2,1-3H3,(H,30,31)/t19-,20+,21+,29-/m1/s1. The van der Waals surface area contributed by atoms with Gasteiger partial charge in [-0.2, -0.15) is 0 Å². The van der Waals surface area contributed by atoms with Crippen LogP contribution in [0.5, 0.6) is 5.75 Å². The van der Waals surface area contributed by atoms with E-state index in [4.69, 9.17) is 13.9 Å². The second-order valence-electron chi connectivity index (χ2n) is 10.4. The molecular weight excluding hydrogens is 474 g/mol. The van der Waals surface area contributed by atoms with Gasteiger partial charge in [0.15, 0.2) is 5.76 Å². The molecule has 2 heterocycles. The normalized spacial score (nSPS) is 25.8. The van der Waals surface area contributed by atoms with Crippen LogP contribution in [0.3, 0.4) is 0 Å². The minimum atomic E-state index is -0.352. The number of hydrogen-bond donors (Lipinski definition) is 1. The van der Waals surface area contributed by atoms with E-state index in [2.05, 4.69) is 30.4 Å². The van der Waals surface area contributed by atoms with E-state index in [0.717, 1.165) is 43.4 Å². The lowest BCUT2D eigenvalue weighted by atomic mass is 9.54. The van der Waals surface area contributed by atoms with Gasteiger partial charge in [-0.05, 0) is 103 Å². The molecule has 3 aromatic rings. The molecule has 3 aliphatic carbocycles. The van der Waals surface area contributed by atoms with E-state index in [1.54, 1.807) is 19.2 Å². The fraction of sp³-hybridized carbons (Fsp3) is 0.448. The SMILES string of the molecule is CCOC(=O)c1c(NC(=O)c2ccco2)sc2c1[C@]1(C)CC[C@@H]3c4ccc(OC)cc4CC[C@@H]3[C@@H]1C2. The molecule has 0 radical (unpaired) electrons. The molecule has 4 atom stereocenters. The molecule has 1 saturated carbocycles. The van der Waals surface area contributed by atoms with Gasteiger partial charge >= 0.3 is 5.97 Å². The van der Waals surface area contributed by atoms with E-state index in [9.17, 15) is 9.59 Å². The number of anilines is 1. The Morgan fingerprint density at radius 1 is 1.25 bits per heavy atom. The highest BCUT2D eigenvalue weighted by Crippen LogP contribution is 2.63. The summed E-state index contributed by atoms with van der Waals surface area (Å²) in [5, 5.41) is 3.52. The Morgan fingerprint density at radius 3 is 2.86 bits per heavy atom. The Hall–Kier alpha value is -3.06. The zero-order valence-electron chi connectivity index (χ0n) is 20.9. The van der Waals surface area contributed by atoms with Crippen molar-refractivity contribution in [3.63, 3.8) is 0 Å². The number of esters is 1. The van der Waals surface area contributed by atoms with E-state index in [-0.39, 0.29) is 23.1 Å². The summed E-state index contributed by atoms with van der Waals surface area (Å²) in [5.74, 6) is 2.02. The fourth-order valence-electron chi connectivity index (χ4n) is 7.18. The van der Waals surface area contributed by atoms with Gasteiger partial charge in [0, 0.05) is 4.88 Å². The van der Waals surface area contributed by atoms with E-state index >= 15 is 0 Å². The van der Waals surface area contributed by atoms with Crippen LogP contribution in [0.4, 0.5) is 5.00 Å². The maximum absolute atomic E-state index is 13.3. The van der Waals surface area contributed by atoms with Gasteiger partial charge in [-0.1, -0.05) is 13.0 Å². The van der Waals surface area contributed by atoms with Gasteiger partial charge in [0.25, 0.3) is 5.91 Å². The number of fused-ring (bicyclic) bond motifs is 7. The number of furan rings is 1. The Kier molecular flexibility index (Phi) is 5.71. The van der Waals surface area contributed by atoms with Gasteiger partial charge in [-0.3, -0.25) is 4.79 Å². The number of methoxy groups -OCH3 is 1. The summed E-state index contributed by atoms with van der Waals surface area (Å²) in [6.07, 6.45) is 6.71. The largest absolute Gasteiger partial charge is 0.497 e. The van der Waals surface area contributed by atoms with Crippen LogP contribution in [0.2, 0.25) is 0 Å². The average molecular weight is 506 g/mol. The molecule has 0 bridgehead atoms. The van der Waals surface area contributed by atoms with Crippen LogP contribution in [0.1, 0.15) is 81.5 Å². The van der Waals surface area contributed by atoms with Crippen LogP contribution in [0, 0.1) is 11.8 Å². The third kappa shape index (κ3) is 3.51.